The van der Waals surface area contributed by atoms with Crippen LogP contribution in [0.1, 0.15) is 12.5 Å². The van der Waals surface area contributed by atoms with Crippen LogP contribution in [-0.2, 0) is 4.79 Å². The molecule has 0 saturated carbocycles. The second-order valence-electron chi connectivity index (χ2n) is 5.98. The van der Waals surface area contributed by atoms with E-state index in [0.29, 0.717) is 5.75 Å². The smallest absolute Gasteiger partial charge is 0.265 e. The number of benzene rings is 3. The summed E-state index contributed by atoms with van der Waals surface area (Å²) in [5, 5.41) is 2.98. The molecule has 0 aromatic heterocycles. The van der Waals surface area contributed by atoms with E-state index in [9.17, 15) is 4.79 Å². The maximum absolute atomic E-state index is 12.6. The van der Waals surface area contributed by atoms with Crippen molar-refractivity contribution in [2.45, 2.75) is 29.7 Å². The van der Waals surface area contributed by atoms with Gasteiger partial charge in [-0.05, 0) is 55.8 Å². The lowest BCUT2D eigenvalue weighted by molar-refractivity contribution is -0.122. The summed E-state index contributed by atoms with van der Waals surface area (Å²) in [6.45, 7) is 3.75. The summed E-state index contributed by atoms with van der Waals surface area (Å²) in [6.07, 6.45) is -0.591. The molecule has 0 heterocycles. The number of rotatable bonds is 6. The fraction of sp³-hybridized carbons (Fsp3) is 0.136. The Morgan fingerprint density at radius 2 is 1.69 bits per heavy atom. The molecule has 3 aromatic carbocycles. The molecule has 3 rings (SSSR count). The number of hydrogen-bond donors (Lipinski definition) is 1. The van der Waals surface area contributed by atoms with Crippen molar-refractivity contribution in [3.05, 3.63) is 84.4 Å². The van der Waals surface area contributed by atoms with Gasteiger partial charge in [0.25, 0.3) is 5.91 Å². The second-order valence-corrected chi connectivity index (χ2v) is 7.09. The van der Waals surface area contributed by atoms with Crippen molar-refractivity contribution in [3.8, 4) is 5.75 Å². The number of amides is 1. The van der Waals surface area contributed by atoms with E-state index in [-0.39, 0.29) is 5.91 Å². The van der Waals surface area contributed by atoms with Crippen molar-refractivity contribution in [3.63, 3.8) is 0 Å². The molecule has 3 aromatic rings. The van der Waals surface area contributed by atoms with E-state index in [0.717, 1.165) is 21.0 Å². The summed E-state index contributed by atoms with van der Waals surface area (Å²) < 4.78 is 5.77. The molecule has 4 heteroatoms. The Labute approximate surface area is 158 Å². The van der Waals surface area contributed by atoms with Crippen LogP contribution in [0, 0.1) is 6.92 Å². The normalized spacial score (nSPS) is 11.6. The van der Waals surface area contributed by atoms with Gasteiger partial charge < -0.3 is 10.1 Å². The van der Waals surface area contributed by atoms with Gasteiger partial charge >= 0.3 is 0 Å². The molecule has 0 unspecified atom stereocenters. The highest BCUT2D eigenvalue weighted by molar-refractivity contribution is 7.99. The Kier molecular flexibility index (Phi) is 5.97. The van der Waals surface area contributed by atoms with E-state index in [1.54, 1.807) is 18.7 Å². The van der Waals surface area contributed by atoms with Crippen molar-refractivity contribution in [1.29, 1.82) is 0 Å². The highest BCUT2D eigenvalue weighted by Crippen LogP contribution is 2.33. The molecule has 3 nitrogen and oxygen atoms in total. The lowest BCUT2D eigenvalue weighted by Gasteiger charge is -2.16. The van der Waals surface area contributed by atoms with Gasteiger partial charge in [-0.25, -0.2) is 0 Å². The Balaban J connectivity index is 1.69. The molecular weight excluding hydrogens is 342 g/mol. The van der Waals surface area contributed by atoms with Gasteiger partial charge in [-0.15, -0.1) is 0 Å². The van der Waals surface area contributed by atoms with Crippen molar-refractivity contribution >= 4 is 23.4 Å². The molecule has 0 aliphatic rings. The predicted octanol–water partition coefficient (Wildman–Crippen LogP) is 5.55. The van der Waals surface area contributed by atoms with E-state index in [4.69, 9.17) is 4.74 Å². The fourth-order valence-corrected chi connectivity index (χ4v) is 3.38. The molecule has 1 atom stereocenters. The average molecular weight is 363 g/mol. The third-order valence-corrected chi connectivity index (χ3v) is 4.87. The van der Waals surface area contributed by atoms with Crippen LogP contribution in [0.25, 0.3) is 0 Å². The summed E-state index contributed by atoms with van der Waals surface area (Å²) in [5.74, 6) is 0.521. The molecule has 1 amide bonds. The van der Waals surface area contributed by atoms with Gasteiger partial charge in [-0.3, -0.25) is 4.79 Å². The number of carbonyl (C=O) groups is 1. The number of nitrogens with one attached hydrogen (secondary N) is 1. The number of aryl methyl sites for hydroxylation is 1. The largest absolute Gasteiger partial charge is 0.481 e. The SMILES string of the molecule is Cc1cccc(O[C@H](C)C(=O)Nc2ccccc2Sc2ccccc2)c1. The number of carbonyl (C=O) groups excluding carboxylic acids is 1. The van der Waals surface area contributed by atoms with E-state index in [2.05, 4.69) is 5.32 Å². The topological polar surface area (TPSA) is 38.3 Å². The number of ether oxygens (including phenoxy) is 1. The van der Waals surface area contributed by atoms with Crippen LogP contribution >= 0.6 is 11.8 Å². The van der Waals surface area contributed by atoms with Crippen molar-refractivity contribution in [1.82, 2.24) is 0 Å². The maximum atomic E-state index is 12.6. The molecule has 0 aliphatic carbocycles. The molecule has 0 saturated heterocycles. The Hall–Kier alpha value is -2.72. The predicted molar refractivity (Wildman–Crippen MR) is 107 cm³/mol. The van der Waals surface area contributed by atoms with E-state index in [1.807, 2.05) is 85.8 Å². The molecule has 132 valence electrons. The molecule has 0 aliphatic heterocycles. The van der Waals surface area contributed by atoms with Crippen LogP contribution in [0.2, 0.25) is 0 Å². The van der Waals surface area contributed by atoms with Crippen LogP contribution in [0.15, 0.2) is 88.7 Å². The van der Waals surface area contributed by atoms with E-state index >= 15 is 0 Å². The first-order chi connectivity index (χ1) is 12.6. The van der Waals surface area contributed by atoms with Crippen LogP contribution in [0.3, 0.4) is 0 Å². The van der Waals surface area contributed by atoms with Crippen molar-refractivity contribution in [2.24, 2.45) is 0 Å². The van der Waals surface area contributed by atoms with Crippen LogP contribution in [0.4, 0.5) is 5.69 Å². The third-order valence-electron chi connectivity index (χ3n) is 3.79. The van der Waals surface area contributed by atoms with Gasteiger partial charge in [0.2, 0.25) is 0 Å². The minimum Gasteiger partial charge on any atom is -0.481 e. The van der Waals surface area contributed by atoms with Crippen molar-refractivity contribution < 1.29 is 9.53 Å². The summed E-state index contributed by atoms with van der Waals surface area (Å²) in [4.78, 5) is 14.7. The number of anilines is 1. The average Bonchev–Trinajstić information content (AvgIpc) is 2.64. The molecule has 0 bridgehead atoms. The Bertz CT molecular complexity index is 880. The van der Waals surface area contributed by atoms with E-state index < -0.39 is 6.10 Å². The van der Waals surface area contributed by atoms with Crippen molar-refractivity contribution in [2.75, 3.05) is 5.32 Å². The van der Waals surface area contributed by atoms with Gasteiger partial charge in [0.1, 0.15) is 5.75 Å². The first-order valence-corrected chi connectivity index (χ1v) is 9.29. The summed E-state index contributed by atoms with van der Waals surface area (Å²) in [5.41, 5.74) is 1.88. The first kappa shape index (κ1) is 18.1. The molecule has 1 N–H and O–H groups in total. The molecule has 26 heavy (non-hydrogen) atoms. The first-order valence-electron chi connectivity index (χ1n) is 8.48. The molecule has 0 fully saturated rings. The van der Waals surface area contributed by atoms with Gasteiger partial charge in [-0.2, -0.15) is 0 Å². The minimum absolute atomic E-state index is 0.174. The van der Waals surface area contributed by atoms with Crippen LogP contribution < -0.4 is 10.1 Å². The number of hydrogen-bond acceptors (Lipinski definition) is 3. The van der Waals surface area contributed by atoms with Gasteiger partial charge in [0.15, 0.2) is 6.10 Å². The van der Waals surface area contributed by atoms with Crippen LogP contribution in [0.5, 0.6) is 5.75 Å². The minimum atomic E-state index is -0.591. The monoisotopic (exact) mass is 363 g/mol. The second kappa shape index (κ2) is 8.59. The Morgan fingerprint density at radius 3 is 2.46 bits per heavy atom. The lowest BCUT2D eigenvalue weighted by Crippen LogP contribution is -2.30. The zero-order valence-corrected chi connectivity index (χ0v) is 15.6. The third kappa shape index (κ3) is 4.90. The quantitative estimate of drug-likeness (QED) is 0.624. The highest BCUT2D eigenvalue weighted by Gasteiger charge is 2.16. The highest BCUT2D eigenvalue weighted by atomic mass is 32.2. The molecule has 0 spiro atoms. The lowest BCUT2D eigenvalue weighted by atomic mass is 10.2. The summed E-state index contributed by atoms with van der Waals surface area (Å²) in [7, 11) is 0. The zero-order valence-electron chi connectivity index (χ0n) is 14.8. The molecular formula is C22H21NO2S. The van der Waals surface area contributed by atoms with Gasteiger partial charge in [-0.1, -0.05) is 54.2 Å². The standard InChI is InChI=1S/C22H21NO2S/c1-16-9-8-10-18(15-16)25-17(2)22(24)23-20-13-6-7-14-21(20)26-19-11-4-3-5-12-19/h3-15,17H,1-2H3,(H,23,24)/t17-/m1/s1. The van der Waals surface area contributed by atoms with Crippen LogP contribution in [-0.4, -0.2) is 12.0 Å². The van der Waals surface area contributed by atoms with Gasteiger partial charge in [0, 0.05) is 9.79 Å². The molecule has 0 radical (unpaired) electrons. The fourth-order valence-electron chi connectivity index (χ4n) is 2.46. The summed E-state index contributed by atoms with van der Waals surface area (Å²) >= 11 is 1.62. The van der Waals surface area contributed by atoms with Gasteiger partial charge in [0.05, 0.1) is 5.69 Å². The van der Waals surface area contributed by atoms with E-state index in [1.165, 1.54) is 0 Å². The Morgan fingerprint density at radius 1 is 0.962 bits per heavy atom. The maximum Gasteiger partial charge on any atom is 0.265 e. The number of para-hydroxylation sites is 1. The zero-order chi connectivity index (χ0) is 18.4. The summed E-state index contributed by atoms with van der Waals surface area (Å²) in [6, 6.07) is 25.6.